The average Bonchev–Trinajstić information content (AvgIpc) is 3.29. The van der Waals surface area contributed by atoms with Crippen molar-refractivity contribution in [2.45, 2.75) is 39.0 Å². The Morgan fingerprint density at radius 1 is 1.31 bits per heavy atom. The molecule has 1 amide bonds. The summed E-state index contributed by atoms with van der Waals surface area (Å²) in [5, 5.41) is 8.85. The third-order valence-electron chi connectivity index (χ3n) is 4.14. The number of carbonyl (C=O) groups excluding carboxylic acids is 1. The molecule has 1 aromatic carbocycles. The van der Waals surface area contributed by atoms with Gasteiger partial charge in [-0.3, -0.25) is 9.59 Å². The van der Waals surface area contributed by atoms with E-state index < -0.39 is 18.2 Å². The third-order valence-corrected chi connectivity index (χ3v) is 4.14. The topological polar surface area (TPSA) is 66.8 Å². The van der Waals surface area contributed by atoms with Crippen LogP contribution in [0.1, 0.15) is 38.2 Å². The van der Waals surface area contributed by atoms with E-state index in [1.54, 1.807) is 6.07 Å². The van der Waals surface area contributed by atoms with Crippen molar-refractivity contribution in [3.05, 3.63) is 29.8 Å². The summed E-state index contributed by atoms with van der Waals surface area (Å²) in [6, 6.07) is 5.82. The summed E-state index contributed by atoms with van der Waals surface area (Å²) in [4.78, 5) is 25.0. The Labute approximate surface area is 149 Å². The molecule has 1 saturated carbocycles. The second-order valence-electron chi connectivity index (χ2n) is 6.86. The van der Waals surface area contributed by atoms with Crippen molar-refractivity contribution in [3.8, 4) is 5.75 Å². The van der Waals surface area contributed by atoms with Gasteiger partial charge in [0.05, 0.1) is 6.42 Å². The number of para-hydroxylation sites is 1. The molecule has 0 spiro atoms. The van der Waals surface area contributed by atoms with E-state index in [2.05, 4.69) is 4.74 Å². The monoisotopic (exact) mass is 373 g/mol. The number of hydrogen-bond donors (Lipinski definition) is 1. The van der Waals surface area contributed by atoms with Crippen molar-refractivity contribution < 1.29 is 32.6 Å². The number of aliphatic carboxylic acids is 1. The van der Waals surface area contributed by atoms with Crippen LogP contribution in [0, 0.1) is 11.8 Å². The van der Waals surface area contributed by atoms with Gasteiger partial charge in [0.15, 0.2) is 0 Å². The van der Waals surface area contributed by atoms with Gasteiger partial charge in [-0.05, 0) is 29.9 Å². The van der Waals surface area contributed by atoms with Crippen LogP contribution in [-0.4, -0.2) is 41.3 Å². The van der Waals surface area contributed by atoms with Crippen LogP contribution in [0.4, 0.5) is 13.2 Å². The van der Waals surface area contributed by atoms with Crippen molar-refractivity contribution in [3.63, 3.8) is 0 Å². The molecule has 0 heterocycles. The Bertz CT molecular complexity index is 660. The van der Waals surface area contributed by atoms with Gasteiger partial charge in [-0.1, -0.05) is 32.0 Å². The summed E-state index contributed by atoms with van der Waals surface area (Å²) in [5.74, 6) is -2.14. The predicted molar refractivity (Wildman–Crippen MR) is 87.6 cm³/mol. The maximum Gasteiger partial charge on any atom is 0.573 e. The summed E-state index contributed by atoms with van der Waals surface area (Å²) in [5.41, 5.74) is 0.353. The molecule has 1 aliphatic carbocycles. The highest BCUT2D eigenvalue weighted by molar-refractivity contribution is 5.83. The van der Waals surface area contributed by atoms with E-state index in [1.165, 1.54) is 23.1 Å². The first-order valence-corrected chi connectivity index (χ1v) is 8.43. The molecule has 5 nitrogen and oxygen atoms in total. The first-order valence-electron chi connectivity index (χ1n) is 8.43. The summed E-state index contributed by atoms with van der Waals surface area (Å²) in [6.07, 6.45) is -4.53. The number of ether oxygens (including phenoxy) is 1. The van der Waals surface area contributed by atoms with Gasteiger partial charge >= 0.3 is 12.3 Å². The molecule has 0 aromatic heterocycles. The Kier molecular flexibility index (Phi) is 6.15. The molecular formula is C18H22F3NO4. The fraction of sp³-hybridized carbons (Fsp3) is 0.556. The number of nitrogens with zero attached hydrogens (tertiary/aromatic N) is 1. The van der Waals surface area contributed by atoms with Gasteiger partial charge in [-0.2, -0.15) is 0 Å². The number of carbonyl (C=O) groups is 2. The normalized spacial score (nSPS) is 19.3. The van der Waals surface area contributed by atoms with E-state index in [4.69, 9.17) is 5.11 Å². The molecule has 2 unspecified atom stereocenters. The zero-order chi connectivity index (χ0) is 19.5. The molecule has 2 atom stereocenters. The zero-order valence-corrected chi connectivity index (χ0v) is 14.6. The molecule has 26 heavy (non-hydrogen) atoms. The van der Waals surface area contributed by atoms with Crippen LogP contribution >= 0.6 is 0 Å². The number of carboxylic acids is 1. The summed E-state index contributed by atoms with van der Waals surface area (Å²) >= 11 is 0. The lowest BCUT2D eigenvalue weighted by Gasteiger charge is -2.24. The number of amides is 1. The number of carboxylic acid groups (broad SMARTS) is 1. The molecule has 0 bridgehead atoms. The molecule has 0 radical (unpaired) electrons. The molecule has 144 valence electrons. The molecule has 0 saturated heterocycles. The Morgan fingerprint density at radius 3 is 2.54 bits per heavy atom. The molecule has 8 heteroatoms. The minimum Gasteiger partial charge on any atom is -0.481 e. The van der Waals surface area contributed by atoms with Gasteiger partial charge < -0.3 is 14.7 Å². The molecule has 1 N–H and O–H groups in total. The predicted octanol–water partition coefficient (Wildman–Crippen LogP) is 3.65. The SMILES string of the molecule is CC(C)CN(CCC(=O)O)C(=O)C1CC1c1ccccc1OC(F)(F)F. The number of rotatable bonds is 8. The van der Waals surface area contributed by atoms with Crippen LogP contribution in [-0.2, 0) is 9.59 Å². The molecular weight excluding hydrogens is 351 g/mol. The maximum absolute atomic E-state index is 12.7. The second-order valence-corrected chi connectivity index (χ2v) is 6.86. The Balaban J connectivity index is 2.10. The minimum atomic E-state index is -4.80. The van der Waals surface area contributed by atoms with Gasteiger partial charge in [-0.25, -0.2) is 0 Å². The highest BCUT2D eigenvalue weighted by Crippen LogP contribution is 2.51. The number of halogens is 3. The number of benzene rings is 1. The Hall–Kier alpha value is -2.25. The summed E-state index contributed by atoms with van der Waals surface area (Å²) in [6.45, 7) is 4.34. The zero-order valence-electron chi connectivity index (χ0n) is 14.6. The lowest BCUT2D eigenvalue weighted by molar-refractivity contribution is -0.274. The van der Waals surface area contributed by atoms with E-state index in [-0.39, 0.29) is 36.5 Å². The van der Waals surface area contributed by atoms with Crippen LogP contribution < -0.4 is 4.74 Å². The van der Waals surface area contributed by atoms with Crippen molar-refractivity contribution >= 4 is 11.9 Å². The minimum absolute atomic E-state index is 0.0935. The van der Waals surface area contributed by atoms with Crippen LogP contribution in [0.2, 0.25) is 0 Å². The molecule has 1 aromatic rings. The van der Waals surface area contributed by atoms with Gasteiger partial charge in [0, 0.05) is 19.0 Å². The lowest BCUT2D eigenvalue weighted by atomic mass is 10.1. The van der Waals surface area contributed by atoms with Gasteiger partial charge in [0.25, 0.3) is 0 Å². The third kappa shape index (κ3) is 5.64. The standard InChI is InChI=1S/C18H22F3NO4/c1-11(2)10-22(8-7-16(23)24)17(25)14-9-13(14)12-5-3-4-6-15(12)26-18(19,20)21/h3-6,11,13-14H,7-10H2,1-2H3,(H,23,24). The number of hydrogen-bond acceptors (Lipinski definition) is 3. The Morgan fingerprint density at radius 2 is 1.96 bits per heavy atom. The molecule has 0 aliphatic heterocycles. The van der Waals surface area contributed by atoms with E-state index in [9.17, 15) is 22.8 Å². The van der Waals surface area contributed by atoms with Gasteiger partial charge in [0.2, 0.25) is 5.91 Å². The van der Waals surface area contributed by atoms with E-state index in [0.29, 0.717) is 18.5 Å². The van der Waals surface area contributed by atoms with Crippen molar-refractivity contribution in [1.82, 2.24) is 4.90 Å². The first-order chi connectivity index (χ1) is 12.1. The van der Waals surface area contributed by atoms with Crippen molar-refractivity contribution in [2.24, 2.45) is 11.8 Å². The maximum atomic E-state index is 12.7. The smallest absolute Gasteiger partial charge is 0.481 e. The fourth-order valence-electron chi connectivity index (χ4n) is 3.01. The molecule has 2 rings (SSSR count). The van der Waals surface area contributed by atoms with Crippen LogP contribution in [0.3, 0.4) is 0 Å². The van der Waals surface area contributed by atoms with Crippen molar-refractivity contribution in [2.75, 3.05) is 13.1 Å². The second kappa shape index (κ2) is 7.97. The van der Waals surface area contributed by atoms with Gasteiger partial charge in [0.1, 0.15) is 5.75 Å². The lowest BCUT2D eigenvalue weighted by Crippen LogP contribution is -2.37. The van der Waals surface area contributed by atoms with E-state index in [0.717, 1.165) is 0 Å². The summed E-state index contributed by atoms with van der Waals surface area (Å²) in [7, 11) is 0. The first kappa shape index (κ1) is 20.1. The summed E-state index contributed by atoms with van der Waals surface area (Å²) < 4.78 is 41.7. The van der Waals surface area contributed by atoms with Crippen molar-refractivity contribution in [1.29, 1.82) is 0 Å². The number of alkyl halides is 3. The van der Waals surface area contributed by atoms with Crippen LogP contribution in [0.25, 0.3) is 0 Å². The molecule has 1 aliphatic rings. The highest BCUT2D eigenvalue weighted by Gasteiger charge is 2.47. The van der Waals surface area contributed by atoms with E-state index >= 15 is 0 Å². The van der Waals surface area contributed by atoms with Crippen LogP contribution in [0.5, 0.6) is 5.75 Å². The quantitative estimate of drug-likeness (QED) is 0.755. The van der Waals surface area contributed by atoms with Gasteiger partial charge in [-0.15, -0.1) is 13.2 Å². The highest BCUT2D eigenvalue weighted by atomic mass is 19.4. The fourth-order valence-corrected chi connectivity index (χ4v) is 3.01. The molecule has 1 fully saturated rings. The average molecular weight is 373 g/mol. The van der Waals surface area contributed by atoms with E-state index in [1.807, 2.05) is 13.8 Å². The van der Waals surface area contributed by atoms with Crippen LogP contribution in [0.15, 0.2) is 24.3 Å². The largest absolute Gasteiger partial charge is 0.573 e.